The number of carbonyl (C=O) groups is 1. The van der Waals surface area contributed by atoms with Crippen molar-refractivity contribution < 1.29 is 9.18 Å². The Bertz CT molecular complexity index is 1400. The average molecular weight is 419 g/mol. The van der Waals surface area contributed by atoms with Crippen LogP contribution in [-0.2, 0) is 20.1 Å². The first kappa shape index (κ1) is 19.3. The quantitative estimate of drug-likeness (QED) is 0.513. The van der Waals surface area contributed by atoms with Crippen LogP contribution < -0.4 is 5.56 Å². The molecular weight excluding hydrogens is 397 g/mol. The van der Waals surface area contributed by atoms with Crippen molar-refractivity contribution in [3.8, 4) is 5.69 Å². The van der Waals surface area contributed by atoms with Crippen LogP contribution in [-0.4, -0.2) is 35.5 Å². The third-order valence-corrected chi connectivity index (χ3v) is 5.98. The number of carbonyl (C=O) groups excluding carboxylic acids is 1. The summed E-state index contributed by atoms with van der Waals surface area (Å²) in [7, 11) is 1.86. The zero-order valence-corrected chi connectivity index (χ0v) is 17.5. The fraction of sp³-hybridized carbons (Fsp3) is 0.261. The Morgan fingerprint density at radius 3 is 2.71 bits per heavy atom. The third kappa shape index (κ3) is 3.06. The Morgan fingerprint density at radius 1 is 1.16 bits per heavy atom. The summed E-state index contributed by atoms with van der Waals surface area (Å²) >= 11 is 0. The van der Waals surface area contributed by atoms with Crippen molar-refractivity contribution in [1.82, 2.24) is 23.6 Å². The molecule has 8 heteroatoms. The number of pyridine rings is 1. The predicted octanol–water partition coefficient (Wildman–Crippen LogP) is 3.02. The highest BCUT2D eigenvalue weighted by atomic mass is 19.1. The van der Waals surface area contributed by atoms with E-state index < -0.39 is 0 Å². The van der Waals surface area contributed by atoms with Gasteiger partial charge in [-0.3, -0.25) is 9.59 Å². The first-order valence-electron chi connectivity index (χ1n) is 10.1. The molecule has 1 aliphatic rings. The number of fused-ring (bicyclic) bond motifs is 2. The summed E-state index contributed by atoms with van der Waals surface area (Å²) in [5.41, 5.74) is 3.16. The molecule has 1 aliphatic heterocycles. The van der Waals surface area contributed by atoms with Gasteiger partial charge in [0, 0.05) is 44.0 Å². The standard InChI is InChI=1S/C23H22FN5O2/c1-14-9-27(13-25-14)19-6-7-20-23(31)28(15(2)10-29(20)22(19)30)12-16-11-26(3)21-8-17(24)4-5-18(16)21/h4-9,11,13,15H,10,12H2,1-3H3. The van der Waals surface area contributed by atoms with E-state index in [0.29, 0.717) is 24.5 Å². The number of rotatable bonds is 3. The van der Waals surface area contributed by atoms with Gasteiger partial charge in [-0.25, -0.2) is 9.37 Å². The summed E-state index contributed by atoms with van der Waals surface area (Å²) in [4.78, 5) is 32.4. The van der Waals surface area contributed by atoms with Crippen LogP contribution in [0.5, 0.6) is 0 Å². The van der Waals surface area contributed by atoms with Crippen LogP contribution in [0.2, 0.25) is 0 Å². The number of nitrogens with zero attached hydrogens (tertiary/aromatic N) is 5. The summed E-state index contributed by atoms with van der Waals surface area (Å²) in [6.07, 6.45) is 5.31. The largest absolute Gasteiger partial charge is 0.350 e. The predicted molar refractivity (Wildman–Crippen MR) is 115 cm³/mol. The van der Waals surface area contributed by atoms with Gasteiger partial charge in [-0.05, 0) is 49.7 Å². The van der Waals surface area contributed by atoms with Gasteiger partial charge in [0.25, 0.3) is 11.5 Å². The maximum atomic E-state index is 13.7. The van der Waals surface area contributed by atoms with Gasteiger partial charge in [0.15, 0.2) is 0 Å². The molecule has 0 saturated heterocycles. The molecule has 0 spiro atoms. The first-order chi connectivity index (χ1) is 14.8. The molecule has 5 rings (SSSR count). The fourth-order valence-corrected chi connectivity index (χ4v) is 4.37. The van der Waals surface area contributed by atoms with E-state index in [0.717, 1.165) is 22.2 Å². The number of aryl methyl sites for hydroxylation is 2. The van der Waals surface area contributed by atoms with Crippen molar-refractivity contribution in [1.29, 1.82) is 0 Å². The number of aromatic nitrogens is 4. The lowest BCUT2D eigenvalue weighted by Crippen LogP contribution is -2.49. The number of hydrogen-bond donors (Lipinski definition) is 0. The highest BCUT2D eigenvalue weighted by molar-refractivity contribution is 5.94. The fourth-order valence-electron chi connectivity index (χ4n) is 4.37. The minimum atomic E-state index is -0.292. The molecule has 1 atom stereocenters. The van der Waals surface area contributed by atoms with E-state index >= 15 is 0 Å². The second kappa shape index (κ2) is 6.94. The van der Waals surface area contributed by atoms with E-state index in [1.165, 1.54) is 12.1 Å². The van der Waals surface area contributed by atoms with E-state index in [1.807, 2.05) is 31.7 Å². The van der Waals surface area contributed by atoms with E-state index in [2.05, 4.69) is 4.98 Å². The maximum absolute atomic E-state index is 13.7. The van der Waals surface area contributed by atoms with Gasteiger partial charge >= 0.3 is 0 Å². The molecule has 1 aromatic carbocycles. The van der Waals surface area contributed by atoms with Crippen LogP contribution in [0.1, 0.15) is 28.7 Å². The van der Waals surface area contributed by atoms with E-state index in [9.17, 15) is 14.0 Å². The second-order valence-corrected chi connectivity index (χ2v) is 8.15. The number of halogens is 1. The van der Waals surface area contributed by atoms with E-state index in [1.54, 1.807) is 44.8 Å². The zero-order valence-electron chi connectivity index (χ0n) is 17.5. The van der Waals surface area contributed by atoms with Crippen molar-refractivity contribution in [3.05, 3.63) is 82.2 Å². The Morgan fingerprint density at radius 2 is 1.97 bits per heavy atom. The molecule has 0 N–H and O–H groups in total. The SMILES string of the molecule is Cc1cn(-c2ccc3n(c2=O)CC(C)N(Cc2cn(C)c4cc(F)ccc24)C3=O)cn1. The number of hydrogen-bond acceptors (Lipinski definition) is 3. The van der Waals surface area contributed by atoms with Crippen LogP contribution >= 0.6 is 0 Å². The van der Waals surface area contributed by atoms with Gasteiger partial charge in [-0.1, -0.05) is 0 Å². The van der Waals surface area contributed by atoms with Gasteiger partial charge in [0.2, 0.25) is 0 Å². The summed E-state index contributed by atoms with van der Waals surface area (Å²) < 4.78 is 18.7. The minimum Gasteiger partial charge on any atom is -0.350 e. The van der Waals surface area contributed by atoms with Crippen LogP contribution in [0.3, 0.4) is 0 Å². The van der Waals surface area contributed by atoms with Crippen LogP contribution in [0, 0.1) is 12.7 Å². The van der Waals surface area contributed by atoms with Gasteiger partial charge in [-0.15, -0.1) is 0 Å². The van der Waals surface area contributed by atoms with Crippen LogP contribution in [0.15, 0.2) is 53.8 Å². The molecule has 31 heavy (non-hydrogen) atoms. The van der Waals surface area contributed by atoms with Crippen molar-refractivity contribution in [3.63, 3.8) is 0 Å². The molecule has 0 saturated carbocycles. The van der Waals surface area contributed by atoms with Crippen LogP contribution in [0.25, 0.3) is 16.6 Å². The Kier molecular flexibility index (Phi) is 4.32. The molecule has 3 aromatic heterocycles. The minimum absolute atomic E-state index is 0.173. The van der Waals surface area contributed by atoms with Gasteiger partial charge in [0.1, 0.15) is 17.2 Å². The summed E-state index contributed by atoms with van der Waals surface area (Å²) in [5.74, 6) is -0.483. The lowest BCUT2D eigenvalue weighted by molar-refractivity contribution is 0.0591. The first-order valence-corrected chi connectivity index (χ1v) is 10.1. The van der Waals surface area contributed by atoms with Crippen LogP contribution in [0.4, 0.5) is 4.39 Å². The Balaban J connectivity index is 1.52. The average Bonchev–Trinajstić information content (AvgIpc) is 3.29. The molecule has 4 heterocycles. The third-order valence-electron chi connectivity index (χ3n) is 5.98. The molecule has 4 aromatic rings. The molecule has 158 valence electrons. The summed E-state index contributed by atoms with van der Waals surface area (Å²) in [6, 6.07) is 7.87. The van der Waals surface area contributed by atoms with Crippen molar-refractivity contribution in [2.45, 2.75) is 33.0 Å². The topological polar surface area (TPSA) is 65.1 Å². The molecule has 7 nitrogen and oxygen atoms in total. The van der Waals surface area contributed by atoms with Gasteiger partial charge in [0.05, 0.1) is 17.5 Å². The molecule has 0 aliphatic carbocycles. The lowest BCUT2D eigenvalue weighted by atomic mass is 10.1. The number of amides is 1. The Labute approximate surface area is 178 Å². The monoisotopic (exact) mass is 419 g/mol. The molecular formula is C23H22FN5O2. The number of benzene rings is 1. The van der Waals surface area contributed by atoms with Crippen molar-refractivity contribution >= 4 is 16.8 Å². The molecule has 1 amide bonds. The van der Waals surface area contributed by atoms with Crippen molar-refractivity contribution in [2.75, 3.05) is 0 Å². The highest BCUT2D eigenvalue weighted by Crippen LogP contribution is 2.26. The van der Waals surface area contributed by atoms with E-state index in [4.69, 9.17) is 0 Å². The maximum Gasteiger partial charge on any atom is 0.275 e. The normalized spacial score (nSPS) is 16.2. The smallest absolute Gasteiger partial charge is 0.275 e. The van der Waals surface area contributed by atoms with Crippen molar-refractivity contribution in [2.24, 2.45) is 7.05 Å². The van der Waals surface area contributed by atoms with Gasteiger partial charge < -0.3 is 18.6 Å². The molecule has 1 unspecified atom stereocenters. The Hall–Kier alpha value is -3.68. The molecule has 0 bridgehead atoms. The number of imidazole rings is 1. The van der Waals surface area contributed by atoms with Gasteiger partial charge in [-0.2, -0.15) is 0 Å². The summed E-state index contributed by atoms with van der Waals surface area (Å²) in [6.45, 7) is 4.59. The van der Waals surface area contributed by atoms with E-state index in [-0.39, 0.29) is 23.3 Å². The summed E-state index contributed by atoms with van der Waals surface area (Å²) in [5, 5.41) is 0.915. The molecule has 0 radical (unpaired) electrons. The second-order valence-electron chi connectivity index (χ2n) is 8.15. The lowest BCUT2D eigenvalue weighted by Gasteiger charge is -2.35. The highest BCUT2D eigenvalue weighted by Gasteiger charge is 2.31. The molecule has 0 fully saturated rings. The zero-order chi connectivity index (χ0) is 21.9.